The first-order valence-electron chi connectivity index (χ1n) is 8.73. The highest BCUT2D eigenvalue weighted by atomic mass is 16.5. The van der Waals surface area contributed by atoms with Gasteiger partial charge in [-0.1, -0.05) is 12.1 Å². The number of rotatable bonds is 6. The van der Waals surface area contributed by atoms with Crippen LogP contribution in [0.15, 0.2) is 67.0 Å². The second-order valence-electron chi connectivity index (χ2n) is 5.94. The maximum atomic E-state index is 12.0. The van der Waals surface area contributed by atoms with Gasteiger partial charge in [-0.05, 0) is 54.4 Å². The molecule has 0 unspecified atom stereocenters. The standard InChI is InChI=1S/C20H21N5O3/c1-28-20(27)24-17-7-5-16(6-8-17)23-19(26)21-13-11-15-3-9-18(10-4-15)25-14-2-12-22-25/h2-10,12,14H,11,13H2,1H3,(H,24,27)(H2,21,23,26). The molecule has 3 rings (SSSR count). The molecular weight excluding hydrogens is 358 g/mol. The summed E-state index contributed by atoms with van der Waals surface area (Å²) in [6, 6.07) is 16.3. The number of carbonyl (C=O) groups is 2. The van der Waals surface area contributed by atoms with Crippen LogP contribution in [0, 0.1) is 0 Å². The number of hydrogen-bond donors (Lipinski definition) is 3. The SMILES string of the molecule is COC(=O)Nc1ccc(NC(=O)NCCc2ccc(-n3cccn3)cc2)cc1. The highest BCUT2D eigenvalue weighted by Gasteiger charge is 2.04. The number of anilines is 2. The van der Waals surface area contributed by atoms with Gasteiger partial charge in [0.2, 0.25) is 0 Å². The van der Waals surface area contributed by atoms with Crippen molar-refractivity contribution in [2.24, 2.45) is 0 Å². The van der Waals surface area contributed by atoms with E-state index in [1.54, 1.807) is 35.1 Å². The highest BCUT2D eigenvalue weighted by molar-refractivity contribution is 5.90. The van der Waals surface area contributed by atoms with Crippen molar-refractivity contribution in [3.63, 3.8) is 0 Å². The van der Waals surface area contributed by atoms with Crippen molar-refractivity contribution in [1.82, 2.24) is 15.1 Å². The molecule has 0 bridgehead atoms. The number of carbonyl (C=O) groups excluding carboxylic acids is 2. The summed E-state index contributed by atoms with van der Waals surface area (Å²) in [7, 11) is 1.30. The van der Waals surface area contributed by atoms with Gasteiger partial charge in [-0.2, -0.15) is 5.10 Å². The molecule has 3 N–H and O–H groups in total. The molecule has 1 heterocycles. The van der Waals surface area contributed by atoms with Crippen LogP contribution >= 0.6 is 0 Å². The lowest BCUT2D eigenvalue weighted by Crippen LogP contribution is -2.30. The number of methoxy groups -OCH3 is 1. The molecule has 1 aromatic heterocycles. The molecule has 144 valence electrons. The third kappa shape index (κ3) is 5.34. The predicted octanol–water partition coefficient (Wildman–Crippen LogP) is 3.41. The number of hydrogen-bond acceptors (Lipinski definition) is 4. The number of aromatic nitrogens is 2. The summed E-state index contributed by atoms with van der Waals surface area (Å²) >= 11 is 0. The van der Waals surface area contributed by atoms with Crippen LogP contribution in [0.5, 0.6) is 0 Å². The lowest BCUT2D eigenvalue weighted by atomic mass is 10.1. The van der Waals surface area contributed by atoms with Gasteiger partial charge in [0, 0.05) is 30.3 Å². The Balaban J connectivity index is 1.42. The van der Waals surface area contributed by atoms with Crippen molar-refractivity contribution < 1.29 is 14.3 Å². The van der Waals surface area contributed by atoms with Crippen molar-refractivity contribution in [3.05, 3.63) is 72.6 Å². The van der Waals surface area contributed by atoms with E-state index in [1.165, 1.54) is 7.11 Å². The first-order valence-corrected chi connectivity index (χ1v) is 8.73. The molecule has 0 aliphatic carbocycles. The van der Waals surface area contributed by atoms with Gasteiger partial charge in [0.1, 0.15) is 0 Å². The zero-order valence-electron chi connectivity index (χ0n) is 15.4. The monoisotopic (exact) mass is 379 g/mol. The fourth-order valence-corrected chi connectivity index (χ4v) is 2.54. The summed E-state index contributed by atoms with van der Waals surface area (Å²) in [5, 5.41) is 12.3. The van der Waals surface area contributed by atoms with E-state index in [4.69, 9.17) is 0 Å². The van der Waals surface area contributed by atoms with Crippen LogP contribution in [0.2, 0.25) is 0 Å². The number of nitrogens with zero attached hydrogens (tertiary/aromatic N) is 2. The van der Waals surface area contributed by atoms with Crippen LogP contribution in [0.1, 0.15) is 5.56 Å². The number of benzene rings is 2. The summed E-state index contributed by atoms with van der Waals surface area (Å²) in [4.78, 5) is 23.1. The Labute approximate surface area is 162 Å². The van der Waals surface area contributed by atoms with Gasteiger partial charge >= 0.3 is 12.1 Å². The molecule has 2 aromatic carbocycles. The molecule has 0 fully saturated rings. The van der Waals surface area contributed by atoms with Gasteiger partial charge in [-0.15, -0.1) is 0 Å². The van der Waals surface area contributed by atoms with Gasteiger partial charge in [0.05, 0.1) is 12.8 Å². The van der Waals surface area contributed by atoms with Crippen molar-refractivity contribution >= 4 is 23.5 Å². The van der Waals surface area contributed by atoms with Crippen LogP contribution in [0.25, 0.3) is 5.69 Å². The summed E-state index contributed by atoms with van der Waals surface area (Å²) < 4.78 is 6.31. The molecule has 28 heavy (non-hydrogen) atoms. The van der Waals surface area contributed by atoms with Gasteiger partial charge < -0.3 is 15.4 Å². The average Bonchev–Trinajstić information content (AvgIpc) is 3.25. The Bertz CT molecular complexity index is 906. The number of amides is 3. The molecule has 3 amide bonds. The molecule has 0 atom stereocenters. The Kier molecular flexibility index (Phi) is 6.25. The molecular formula is C20H21N5O3. The second kappa shape index (κ2) is 9.22. The number of ether oxygens (including phenoxy) is 1. The maximum Gasteiger partial charge on any atom is 0.411 e. The van der Waals surface area contributed by atoms with Gasteiger partial charge in [0.25, 0.3) is 0 Å². The number of urea groups is 1. The van der Waals surface area contributed by atoms with Crippen LogP contribution < -0.4 is 16.0 Å². The molecule has 0 spiro atoms. The fraction of sp³-hybridized carbons (Fsp3) is 0.150. The minimum Gasteiger partial charge on any atom is -0.453 e. The third-order valence-corrected chi connectivity index (χ3v) is 3.98. The highest BCUT2D eigenvalue weighted by Crippen LogP contribution is 2.13. The lowest BCUT2D eigenvalue weighted by molar-refractivity contribution is 0.187. The lowest BCUT2D eigenvalue weighted by Gasteiger charge is -2.09. The fourth-order valence-electron chi connectivity index (χ4n) is 2.54. The first kappa shape index (κ1) is 19.0. The quantitative estimate of drug-likeness (QED) is 0.611. The Morgan fingerprint density at radius 1 is 1.00 bits per heavy atom. The van der Waals surface area contributed by atoms with Gasteiger partial charge in [-0.25, -0.2) is 14.3 Å². The average molecular weight is 379 g/mol. The first-order chi connectivity index (χ1) is 13.6. The summed E-state index contributed by atoms with van der Waals surface area (Å²) in [6.07, 6.45) is 3.80. The van der Waals surface area contributed by atoms with E-state index in [0.29, 0.717) is 17.9 Å². The summed E-state index contributed by atoms with van der Waals surface area (Å²) in [6.45, 7) is 0.509. The molecule has 0 saturated carbocycles. The minimum absolute atomic E-state index is 0.290. The van der Waals surface area contributed by atoms with E-state index in [1.807, 2.05) is 36.5 Å². The topological polar surface area (TPSA) is 97.3 Å². The Morgan fingerprint density at radius 2 is 1.68 bits per heavy atom. The van der Waals surface area contributed by atoms with E-state index in [9.17, 15) is 9.59 Å². The third-order valence-electron chi connectivity index (χ3n) is 3.98. The second-order valence-corrected chi connectivity index (χ2v) is 5.94. The molecule has 8 heteroatoms. The molecule has 3 aromatic rings. The molecule has 0 radical (unpaired) electrons. The van der Waals surface area contributed by atoms with Crippen LogP contribution in [0.4, 0.5) is 21.0 Å². The molecule has 0 aliphatic rings. The summed E-state index contributed by atoms with van der Waals surface area (Å²) in [5.41, 5.74) is 3.31. The Morgan fingerprint density at radius 3 is 2.29 bits per heavy atom. The van der Waals surface area contributed by atoms with Gasteiger partial charge in [-0.3, -0.25) is 5.32 Å². The molecule has 8 nitrogen and oxygen atoms in total. The molecule has 0 aliphatic heterocycles. The van der Waals surface area contributed by atoms with Gasteiger partial charge in [0.15, 0.2) is 0 Å². The van der Waals surface area contributed by atoms with E-state index >= 15 is 0 Å². The van der Waals surface area contributed by atoms with Crippen molar-refractivity contribution in [2.45, 2.75) is 6.42 Å². The molecule has 0 saturated heterocycles. The van der Waals surface area contributed by atoms with E-state index in [2.05, 4.69) is 25.8 Å². The van der Waals surface area contributed by atoms with Crippen LogP contribution in [-0.4, -0.2) is 35.6 Å². The number of nitrogens with one attached hydrogen (secondary N) is 3. The van der Waals surface area contributed by atoms with Crippen LogP contribution in [0.3, 0.4) is 0 Å². The van der Waals surface area contributed by atoms with E-state index in [0.717, 1.165) is 17.7 Å². The van der Waals surface area contributed by atoms with Crippen molar-refractivity contribution in [3.8, 4) is 5.69 Å². The largest absolute Gasteiger partial charge is 0.453 e. The van der Waals surface area contributed by atoms with E-state index < -0.39 is 6.09 Å². The van der Waals surface area contributed by atoms with Crippen molar-refractivity contribution in [1.29, 1.82) is 0 Å². The Hall–Kier alpha value is -3.81. The zero-order chi connectivity index (χ0) is 19.8. The summed E-state index contributed by atoms with van der Waals surface area (Å²) in [5.74, 6) is 0. The van der Waals surface area contributed by atoms with E-state index in [-0.39, 0.29) is 6.03 Å². The van der Waals surface area contributed by atoms with Crippen molar-refractivity contribution in [2.75, 3.05) is 24.3 Å². The normalized spacial score (nSPS) is 10.2. The maximum absolute atomic E-state index is 12.0. The van der Waals surface area contributed by atoms with Crippen LogP contribution in [-0.2, 0) is 11.2 Å². The smallest absolute Gasteiger partial charge is 0.411 e. The predicted molar refractivity (Wildman–Crippen MR) is 107 cm³/mol. The zero-order valence-corrected chi connectivity index (χ0v) is 15.4. The minimum atomic E-state index is -0.545.